The summed E-state index contributed by atoms with van der Waals surface area (Å²) in [5.41, 5.74) is 11.7. The van der Waals surface area contributed by atoms with Gasteiger partial charge in [0.1, 0.15) is 43.3 Å². The molecule has 0 bridgehead atoms. The summed E-state index contributed by atoms with van der Waals surface area (Å²) < 4.78 is 12.1. The minimum absolute atomic E-state index is 0.173. The normalized spacial score (nSPS) is 24.9. The maximum Gasteiger partial charge on any atom is 0.325 e. The van der Waals surface area contributed by atoms with Gasteiger partial charge in [-0.2, -0.15) is 0 Å². The Kier molecular flexibility index (Phi) is 5.07. The molecule has 0 spiro atoms. The number of rotatable bonds is 5. The van der Waals surface area contributed by atoms with Crippen molar-refractivity contribution in [3.05, 3.63) is 12.7 Å². The van der Waals surface area contributed by atoms with Gasteiger partial charge >= 0.3 is 5.97 Å². The second-order valence-corrected chi connectivity index (χ2v) is 6.05. The maximum atomic E-state index is 11.8. The molecule has 146 valence electrons. The number of imidazole rings is 1. The molecule has 1 saturated heterocycles. The Morgan fingerprint density at radius 3 is 2.85 bits per heavy atom. The minimum Gasteiger partial charge on any atom is -0.461 e. The third-order valence-electron chi connectivity index (χ3n) is 4.18. The van der Waals surface area contributed by atoms with Crippen LogP contribution < -0.4 is 11.5 Å². The standard InChI is InChI=1S/C14H20N8O5/c1-21(14(16)17)2-7(23)26-3-6-9(24)10(25)13(27-6)22-5-20-8-11(15)18-4-19-12(8)22/h4-6,9-10,13,24-25H,2-3H2,1H3,(H3,16,17)(H2,15,18,19)/t6-,9?,10+,13-/m1/s1. The van der Waals surface area contributed by atoms with E-state index in [9.17, 15) is 15.0 Å². The first-order valence-electron chi connectivity index (χ1n) is 7.95. The topological polar surface area (TPSA) is 199 Å². The molecule has 2 aromatic rings. The van der Waals surface area contributed by atoms with E-state index in [0.29, 0.717) is 11.2 Å². The molecule has 0 saturated carbocycles. The van der Waals surface area contributed by atoms with E-state index in [0.717, 1.165) is 0 Å². The van der Waals surface area contributed by atoms with Gasteiger partial charge in [0, 0.05) is 7.05 Å². The molecule has 0 amide bonds. The highest BCUT2D eigenvalue weighted by atomic mass is 16.6. The fraction of sp³-hybridized carbons (Fsp3) is 0.500. The van der Waals surface area contributed by atoms with E-state index in [1.165, 1.54) is 29.2 Å². The number of hydrogen-bond donors (Lipinski definition) is 5. The summed E-state index contributed by atoms with van der Waals surface area (Å²) in [5, 5.41) is 27.7. The van der Waals surface area contributed by atoms with E-state index in [-0.39, 0.29) is 24.9 Å². The largest absolute Gasteiger partial charge is 0.461 e. The summed E-state index contributed by atoms with van der Waals surface area (Å²) in [6, 6.07) is 0. The van der Waals surface area contributed by atoms with E-state index in [1.807, 2.05) is 0 Å². The average Bonchev–Trinajstić information content (AvgIpc) is 3.16. The molecule has 1 aliphatic rings. The van der Waals surface area contributed by atoms with Crippen LogP contribution in [0.5, 0.6) is 0 Å². The molecule has 7 N–H and O–H groups in total. The molecule has 0 aliphatic carbocycles. The number of nitrogens with two attached hydrogens (primary N) is 2. The summed E-state index contributed by atoms with van der Waals surface area (Å²) in [5.74, 6) is -0.769. The van der Waals surface area contributed by atoms with Crippen LogP contribution in [0.3, 0.4) is 0 Å². The van der Waals surface area contributed by atoms with Gasteiger partial charge in [-0.05, 0) is 0 Å². The van der Waals surface area contributed by atoms with Gasteiger partial charge in [-0.15, -0.1) is 0 Å². The molecule has 2 aromatic heterocycles. The fourth-order valence-corrected chi connectivity index (χ4v) is 2.65. The zero-order valence-corrected chi connectivity index (χ0v) is 14.4. The van der Waals surface area contributed by atoms with Crippen LogP contribution in [-0.2, 0) is 14.3 Å². The highest BCUT2D eigenvalue weighted by Gasteiger charge is 2.45. The SMILES string of the molecule is CN(CC(=O)OC[C@H]1O[C@@H](n2cnc3c(N)ncnc32)[C@@H](O)C1O)C(=N)N. The Hall–Kier alpha value is -3.03. The maximum absolute atomic E-state index is 11.8. The van der Waals surface area contributed by atoms with Crippen molar-refractivity contribution in [2.75, 3.05) is 25.9 Å². The van der Waals surface area contributed by atoms with Gasteiger partial charge in [0.15, 0.2) is 23.7 Å². The first kappa shape index (κ1) is 18.8. The predicted molar refractivity (Wildman–Crippen MR) is 91.2 cm³/mol. The Balaban J connectivity index is 1.68. The number of guanidine groups is 1. The Morgan fingerprint density at radius 1 is 1.41 bits per heavy atom. The van der Waals surface area contributed by atoms with E-state index in [4.69, 9.17) is 26.4 Å². The first-order chi connectivity index (χ1) is 12.8. The zero-order valence-electron chi connectivity index (χ0n) is 14.4. The van der Waals surface area contributed by atoms with Crippen LogP contribution in [0.25, 0.3) is 11.2 Å². The molecule has 13 nitrogen and oxygen atoms in total. The smallest absolute Gasteiger partial charge is 0.325 e. The number of hydrogen-bond acceptors (Lipinski definition) is 10. The van der Waals surface area contributed by atoms with Crippen LogP contribution >= 0.6 is 0 Å². The molecule has 13 heteroatoms. The lowest BCUT2D eigenvalue weighted by molar-refractivity contribution is -0.150. The number of fused-ring (bicyclic) bond motifs is 1. The van der Waals surface area contributed by atoms with Crippen molar-refractivity contribution in [3.8, 4) is 0 Å². The number of anilines is 1. The second kappa shape index (κ2) is 7.30. The van der Waals surface area contributed by atoms with Crippen LogP contribution in [0.15, 0.2) is 12.7 Å². The highest BCUT2D eigenvalue weighted by Crippen LogP contribution is 2.32. The van der Waals surface area contributed by atoms with Crippen molar-refractivity contribution in [2.24, 2.45) is 5.73 Å². The third kappa shape index (κ3) is 3.60. The van der Waals surface area contributed by atoms with Crippen molar-refractivity contribution in [1.82, 2.24) is 24.4 Å². The molecule has 4 atom stereocenters. The van der Waals surface area contributed by atoms with Crippen LogP contribution in [0.1, 0.15) is 6.23 Å². The zero-order chi connectivity index (χ0) is 19.7. The van der Waals surface area contributed by atoms with Crippen LogP contribution in [0.2, 0.25) is 0 Å². The van der Waals surface area contributed by atoms with Gasteiger partial charge in [-0.25, -0.2) is 15.0 Å². The van der Waals surface area contributed by atoms with Crippen LogP contribution in [-0.4, -0.2) is 85.1 Å². The number of carbonyl (C=O) groups excluding carboxylic acids is 1. The molecule has 0 radical (unpaired) electrons. The monoisotopic (exact) mass is 380 g/mol. The van der Waals surface area contributed by atoms with Gasteiger partial charge in [0.25, 0.3) is 0 Å². The molecule has 1 unspecified atom stereocenters. The highest BCUT2D eigenvalue weighted by molar-refractivity contribution is 5.81. The Morgan fingerprint density at radius 2 is 2.15 bits per heavy atom. The van der Waals surface area contributed by atoms with Crippen molar-refractivity contribution in [1.29, 1.82) is 5.41 Å². The third-order valence-corrected chi connectivity index (χ3v) is 4.18. The lowest BCUT2D eigenvalue weighted by Gasteiger charge is -2.18. The minimum atomic E-state index is -1.30. The number of nitrogens with zero attached hydrogens (tertiary/aromatic N) is 5. The van der Waals surface area contributed by atoms with Crippen LogP contribution in [0, 0.1) is 5.41 Å². The fourth-order valence-electron chi connectivity index (χ4n) is 2.65. The van der Waals surface area contributed by atoms with Gasteiger partial charge in [-0.3, -0.25) is 14.8 Å². The van der Waals surface area contributed by atoms with E-state index in [2.05, 4.69) is 15.0 Å². The quantitative estimate of drug-likeness (QED) is 0.207. The molecule has 1 aliphatic heterocycles. The van der Waals surface area contributed by atoms with Gasteiger partial charge in [0.2, 0.25) is 0 Å². The molecule has 3 rings (SSSR count). The number of nitrogen functional groups attached to an aromatic ring is 1. The van der Waals surface area contributed by atoms with Crippen molar-refractivity contribution in [3.63, 3.8) is 0 Å². The van der Waals surface area contributed by atoms with Crippen molar-refractivity contribution < 1.29 is 24.5 Å². The second-order valence-electron chi connectivity index (χ2n) is 6.05. The summed E-state index contributed by atoms with van der Waals surface area (Å²) in [6.07, 6.45) is -1.95. The molecule has 1 fully saturated rings. The van der Waals surface area contributed by atoms with Gasteiger partial charge in [0.05, 0.1) is 6.33 Å². The lowest BCUT2D eigenvalue weighted by Crippen LogP contribution is -2.39. The number of carbonyl (C=O) groups is 1. The van der Waals surface area contributed by atoms with E-state index in [1.54, 1.807) is 0 Å². The predicted octanol–water partition coefficient (Wildman–Crippen LogP) is -2.60. The van der Waals surface area contributed by atoms with Gasteiger partial charge in [-0.1, -0.05) is 0 Å². The van der Waals surface area contributed by atoms with Crippen molar-refractivity contribution in [2.45, 2.75) is 24.5 Å². The summed E-state index contributed by atoms with van der Waals surface area (Å²) in [7, 11) is 1.46. The molecule has 3 heterocycles. The first-order valence-corrected chi connectivity index (χ1v) is 7.95. The summed E-state index contributed by atoms with van der Waals surface area (Å²) in [6.45, 7) is -0.518. The van der Waals surface area contributed by atoms with E-state index >= 15 is 0 Å². The summed E-state index contributed by atoms with van der Waals surface area (Å²) >= 11 is 0. The lowest BCUT2D eigenvalue weighted by atomic mass is 10.1. The van der Waals surface area contributed by atoms with Crippen LogP contribution in [0.4, 0.5) is 5.82 Å². The Bertz CT molecular complexity index is 857. The number of aliphatic hydroxyl groups excluding tert-OH is 2. The number of aromatic nitrogens is 4. The Labute approximate surface area is 153 Å². The number of ether oxygens (including phenoxy) is 2. The van der Waals surface area contributed by atoms with Crippen molar-refractivity contribution >= 4 is 28.9 Å². The molecular weight excluding hydrogens is 360 g/mol. The number of nitrogens with one attached hydrogen (secondary N) is 1. The summed E-state index contributed by atoms with van der Waals surface area (Å²) in [4.78, 5) is 24.9. The molecular formula is C14H20N8O5. The van der Waals surface area contributed by atoms with E-state index < -0.39 is 30.5 Å². The van der Waals surface area contributed by atoms with Gasteiger partial charge < -0.3 is 36.1 Å². The average molecular weight is 380 g/mol. The number of esters is 1. The molecule has 0 aromatic carbocycles. The molecule has 27 heavy (non-hydrogen) atoms. The number of likely N-dealkylation sites (N-methyl/N-ethyl adjacent to an activating group) is 1. The number of aliphatic hydroxyl groups is 2.